The van der Waals surface area contributed by atoms with Gasteiger partial charge in [-0.3, -0.25) is 0 Å². The summed E-state index contributed by atoms with van der Waals surface area (Å²) in [7, 11) is 0. The molecule has 3 aromatic rings. The summed E-state index contributed by atoms with van der Waals surface area (Å²) in [4.78, 5) is 4.22. The van der Waals surface area contributed by atoms with Crippen molar-refractivity contribution in [3.8, 4) is 34.3 Å². The minimum atomic E-state index is -0.255. The lowest BCUT2D eigenvalue weighted by Crippen LogP contribution is -1.87. The highest BCUT2D eigenvalue weighted by Gasteiger charge is 2.13. The second kappa shape index (κ2) is 4.99. The predicted molar refractivity (Wildman–Crippen MR) is 77.9 cm³/mol. The van der Waals surface area contributed by atoms with Crippen molar-refractivity contribution in [1.82, 2.24) is 10.1 Å². The lowest BCUT2D eigenvalue weighted by atomic mass is 10.2. The number of aromatic hydroxyl groups is 2. The van der Waals surface area contributed by atoms with E-state index in [0.29, 0.717) is 21.8 Å². The third-order valence-corrected chi connectivity index (χ3v) is 3.25. The maximum absolute atomic E-state index is 9.48. The van der Waals surface area contributed by atoms with Gasteiger partial charge >= 0.3 is 0 Å². The van der Waals surface area contributed by atoms with Crippen LogP contribution < -0.4 is 5.73 Å². The third kappa shape index (κ3) is 2.48. The van der Waals surface area contributed by atoms with Gasteiger partial charge in [0.1, 0.15) is 0 Å². The average Bonchev–Trinajstić information content (AvgIpc) is 2.94. The zero-order chi connectivity index (χ0) is 15.0. The second-order valence-corrected chi connectivity index (χ2v) is 4.77. The number of halogens is 1. The molecule has 0 saturated heterocycles. The summed E-state index contributed by atoms with van der Waals surface area (Å²) >= 11 is 5.86. The number of nitrogens with two attached hydrogens (primary N) is 1. The molecule has 0 amide bonds. The Bertz CT molecular complexity index is 751. The number of rotatable bonds is 2. The molecule has 0 aliphatic rings. The van der Waals surface area contributed by atoms with Crippen molar-refractivity contribution in [3.05, 3.63) is 41.4 Å². The van der Waals surface area contributed by atoms with E-state index in [1.807, 2.05) is 0 Å². The summed E-state index contributed by atoms with van der Waals surface area (Å²) in [6.07, 6.45) is 0. The summed E-state index contributed by atoms with van der Waals surface area (Å²) in [6, 6.07) is 9.25. The summed E-state index contributed by atoms with van der Waals surface area (Å²) in [5.41, 5.74) is 7.30. The van der Waals surface area contributed by atoms with Crippen LogP contribution in [0, 0.1) is 0 Å². The number of phenols is 2. The highest BCUT2D eigenvalue weighted by Crippen LogP contribution is 2.31. The molecule has 6 nitrogen and oxygen atoms in total. The maximum Gasteiger partial charge on any atom is 0.258 e. The van der Waals surface area contributed by atoms with Gasteiger partial charge in [0, 0.05) is 11.1 Å². The van der Waals surface area contributed by atoms with Crippen LogP contribution in [0.1, 0.15) is 0 Å². The van der Waals surface area contributed by atoms with Crippen molar-refractivity contribution in [2.24, 2.45) is 0 Å². The van der Waals surface area contributed by atoms with E-state index in [2.05, 4.69) is 10.1 Å². The fourth-order valence-electron chi connectivity index (χ4n) is 1.80. The van der Waals surface area contributed by atoms with E-state index in [1.54, 1.807) is 24.3 Å². The van der Waals surface area contributed by atoms with Crippen molar-refractivity contribution in [2.45, 2.75) is 0 Å². The Kier molecular flexibility index (Phi) is 3.15. The second-order valence-electron chi connectivity index (χ2n) is 4.36. The van der Waals surface area contributed by atoms with Crippen molar-refractivity contribution in [3.63, 3.8) is 0 Å². The molecule has 2 aromatic carbocycles. The summed E-state index contributed by atoms with van der Waals surface area (Å²) in [5.74, 6) is 0.0947. The molecule has 1 aromatic heterocycles. The van der Waals surface area contributed by atoms with Crippen molar-refractivity contribution in [2.75, 3.05) is 5.73 Å². The molecule has 0 aliphatic carbocycles. The first-order chi connectivity index (χ1) is 10.0. The van der Waals surface area contributed by atoms with Gasteiger partial charge in [-0.05, 0) is 36.4 Å². The molecule has 1 heterocycles. The first kappa shape index (κ1) is 13.3. The zero-order valence-corrected chi connectivity index (χ0v) is 11.4. The van der Waals surface area contributed by atoms with E-state index < -0.39 is 0 Å². The van der Waals surface area contributed by atoms with Crippen LogP contribution in [-0.4, -0.2) is 20.4 Å². The van der Waals surface area contributed by atoms with Gasteiger partial charge in [-0.25, -0.2) is 0 Å². The first-order valence-electron chi connectivity index (χ1n) is 5.96. The maximum atomic E-state index is 9.48. The number of hydrogen-bond donors (Lipinski definition) is 3. The van der Waals surface area contributed by atoms with E-state index in [4.69, 9.17) is 21.9 Å². The van der Waals surface area contributed by atoms with Crippen LogP contribution in [0.2, 0.25) is 5.02 Å². The molecule has 7 heteroatoms. The average molecular weight is 304 g/mol. The number of phenolic OH excluding ortho intramolecular Hbond substituents is 2. The normalized spacial score (nSPS) is 10.7. The number of nitrogen functional groups attached to an aromatic ring is 1. The Balaban J connectivity index is 1.99. The quantitative estimate of drug-likeness (QED) is 0.496. The molecule has 0 aliphatic heterocycles. The molecule has 0 spiro atoms. The van der Waals surface area contributed by atoms with Crippen molar-refractivity contribution < 1.29 is 14.7 Å². The molecule has 106 valence electrons. The Morgan fingerprint density at radius 2 is 1.76 bits per heavy atom. The molecule has 0 bridgehead atoms. The molecule has 0 radical (unpaired) electrons. The monoisotopic (exact) mass is 303 g/mol. The summed E-state index contributed by atoms with van der Waals surface area (Å²) < 4.78 is 5.17. The minimum absolute atomic E-state index is 0.215. The third-order valence-electron chi connectivity index (χ3n) is 2.90. The van der Waals surface area contributed by atoms with Crippen LogP contribution >= 0.6 is 11.6 Å². The van der Waals surface area contributed by atoms with Gasteiger partial charge in [-0.1, -0.05) is 16.8 Å². The number of benzene rings is 2. The molecule has 0 saturated carbocycles. The number of nitrogens with zero attached hydrogens (tertiary/aromatic N) is 2. The fraction of sp³-hybridized carbons (Fsp3) is 0. The molecule has 0 atom stereocenters. The predicted octanol–water partition coefficient (Wildman–Crippen LogP) is 3.05. The molecule has 4 N–H and O–H groups in total. The van der Waals surface area contributed by atoms with Gasteiger partial charge in [0.15, 0.2) is 11.5 Å². The smallest absolute Gasteiger partial charge is 0.258 e. The van der Waals surface area contributed by atoms with E-state index in [0.717, 1.165) is 0 Å². The van der Waals surface area contributed by atoms with Gasteiger partial charge in [-0.15, -0.1) is 0 Å². The summed E-state index contributed by atoms with van der Waals surface area (Å²) in [5, 5.41) is 23.1. The fourth-order valence-corrected chi connectivity index (χ4v) is 1.91. The Morgan fingerprint density at radius 3 is 2.48 bits per heavy atom. The van der Waals surface area contributed by atoms with E-state index >= 15 is 0 Å². The summed E-state index contributed by atoms with van der Waals surface area (Å²) in [6.45, 7) is 0. The highest BCUT2D eigenvalue weighted by molar-refractivity contribution is 6.33. The molecule has 0 fully saturated rings. The lowest BCUT2D eigenvalue weighted by molar-refractivity contribution is 0.404. The Labute approximate surface area is 124 Å². The Hall–Kier alpha value is -2.73. The van der Waals surface area contributed by atoms with Crippen LogP contribution in [0.25, 0.3) is 22.8 Å². The highest BCUT2D eigenvalue weighted by atomic mass is 35.5. The van der Waals surface area contributed by atoms with Crippen LogP contribution in [0.15, 0.2) is 40.9 Å². The lowest BCUT2D eigenvalue weighted by Gasteiger charge is -1.99. The Morgan fingerprint density at radius 1 is 1.00 bits per heavy atom. The van der Waals surface area contributed by atoms with Gasteiger partial charge < -0.3 is 20.5 Å². The van der Waals surface area contributed by atoms with E-state index in [9.17, 15) is 10.2 Å². The van der Waals surface area contributed by atoms with Crippen molar-refractivity contribution in [1.29, 1.82) is 0 Å². The molecule has 21 heavy (non-hydrogen) atoms. The van der Waals surface area contributed by atoms with Crippen LogP contribution in [0.4, 0.5) is 5.69 Å². The minimum Gasteiger partial charge on any atom is -0.504 e. The van der Waals surface area contributed by atoms with Crippen molar-refractivity contribution >= 4 is 17.3 Å². The van der Waals surface area contributed by atoms with Crippen LogP contribution in [-0.2, 0) is 0 Å². The number of anilines is 1. The number of hydrogen-bond acceptors (Lipinski definition) is 6. The standard InChI is InChI=1S/C14H10ClN3O3/c15-9-3-1-8(5-10(9)16)14-17-13(18-21-14)7-2-4-11(19)12(20)6-7/h1-6,19-20H,16H2. The van der Waals surface area contributed by atoms with E-state index in [1.165, 1.54) is 12.1 Å². The zero-order valence-electron chi connectivity index (χ0n) is 10.6. The molecular formula is C14H10ClN3O3. The van der Waals surface area contributed by atoms with Crippen LogP contribution in [0.3, 0.4) is 0 Å². The van der Waals surface area contributed by atoms with Gasteiger partial charge in [0.05, 0.1) is 10.7 Å². The van der Waals surface area contributed by atoms with Gasteiger partial charge in [0.25, 0.3) is 5.89 Å². The van der Waals surface area contributed by atoms with Gasteiger partial charge in [0.2, 0.25) is 5.82 Å². The van der Waals surface area contributed by atoms with Gasteiger partial charge in [-0.2, -0.15) is 4.98 Å². The number of aromatic nitrogens is 2. The SMILES string of the molecule is Nc1cc(-c2nc(-c3ccc(O)c(O)c3)no2)ccc1Cl. The first-order valence-corrected chi connectivity index (χ1v) is 6.34. The molecule has 0 unspecified atom stereocenters. The van der Waals surface area contributed by atoms with E-state index in [-0.39, 0.29) is 23.2 Å². The van der Waals surface area contributed by atoms with Crippen LogP contribution in [0.5, 0.6) is 11.5 Å². The topological polar surface area (TPSA) is 105 Å². The largest absolute Gasteiger partial charge is 0.504 e. The molecule has 3 rings (SSSR count). The molecular weight excluding hydrogens is 294 g/mol.